The van der Waals surface area contributed by atoms with Gasteiger partial charge in [-0.25, -0.2) is 4.98 Å². The Labute approximate surface area is 385 Å². The number of aryl methyl sites for hydroxylation is 1. The highest BCUT2D eigenvalue weighted by molar-refractivity contribution is 6.31. The number of carboxylic acids is 1. The number of nitrogens with one attached hydrogen (secondary N) is 1. The molecule has 60 heavy (non-hydrogen) atoms. The van der Waals surface area contributed by atoms with Crippen molar-refractivity contribution in [2.75, 3.05) is 5.73 Å². The SMILES string of the molecule is C.C.C.C.C.C.C.C.C.C.C.C.C.C.C.C.C.C.C.C.C.C.C.Nc1c2c([nH+]c3cc(Cl)ccc13)CC1C=C(CCCCn3cc(CO)nn3)CC2C1.O=C([O-])C(F)(F)F. The van der Waals surface area contributed by atoms with Gasteiger partial charge in [-0.05, 0) is 56.1 Å². The Balaban J connectivity index is -0.0000000277. The first-order valence-corrected chi connectivity index (χ1v) is 12.3. The number of carboxylic acid groups (broad SMARTS) is 1. The number of halogens is 4. The number of carbonyl (C=O) groups is 1. The number of unbranched alkanes of at least 4 members (excludes halogenated alkanes) is 1. The lowest BCUT2D eigenvalue weighted by atomic mass is 9.70. The van der Waals surface area contributed by atoms with E-state index in [-0.39, 0.29) is 177 Å². The van der Waals surface area contributed by atoms with Gasteiger partial charge in [0.05, 0.1) is 23.9 Å². The molecule has 0 aliphatic heterocycles. The predicted octanol–water partition coefficient (Wildman–Crippen LogP) is 17.7. The second-order valence-corrected chi connectivity index (χ2v) is 9.86. The summed E-state index contributed by atoms with van der Waals surface area (Å²) in [6.45, 7) is 0.784. The molecule has 3 aromatic rings. The summed E-state index contributed by atoms with van der Waals surface area (Å²) in [4.78, 5) is 12.4. The predicted molar refractivity (Wildman–Crippen MR) is 283 cm³/mol. The number of alkyl halides is 3. The van der Waals surface area contributed by atoms with Gasteiger partial charge in [0.1, 0.15) is 11.7 Å². The molecule has 12 heteroatoms. The van der Waals surface area contributed by atoms with Crippen LogP contribution in [0, 0.1) is 5.92 Å². The fourth-order valence-corrected chi connectivity index (χ4v) is 5.38. The van der Waals surface area contributed by atoms with Crippen LogP contribution in [0.3, 0.4) is 0 Å². The lowest BCUT2D eigenvalue weighted by Crippen LogP contribution is -2.37. The number of nitrogens with two attached hydrogens (primary N) is 1. The second-order valence-electron chi connectivity index (χ2n) is 9.42. The number of aromatic nitrogens is 4. The van der Waals surface area contributed by atoms with Gasteiger partial charge in [0.2, 0.25) is 5.52 Å². The number of carbonyl (C=O) groups excluding carboxylic acids is 1. The van der Waals surface area contributed by atoms with Crippen molar-refractivity contribution in [2.45, 2.75) is 235 Å². The van der Waals surface area contributed by atoms with E-state index in [1.807, 2.05) is 29.1 Å². The topological polar surface area (TPSA) is 131 Å². The monoisotopic (exact) mass is 906 g/mol. The number of nitrogen functional groups attached to an aromatic ring is 1. The smallest absolute Gasteiger partial charge is 0.430 e. The van der Waals surface area contributed by atoms with E-state index in [1.54, 1.807) is 5.57 Å². The van der Waals surface area contributed by atoms with Gasteiger partial charge < -0.3 is 20.7 Å². The minimum atomic E-state index is -5.19. The van der Waals surface area contributed by atoms with Gasteiger partial charge in [0, 0.05) is 29.6 Å². The van der Waals surface area contributed by atoms with Gasteiger partial charge >= 0.3 is 6.18 Å². The Morgan fingerprint density at radius 1 is 0.817 bits per heavy atom. The number of hydrogen-bond donors (Lipinski definition) is 2. The molecule has 382 valence electrons. The summed E-state index contributed by atoms with van der Waals surface area (Å²) >= 11 is 6.19. The standard InChI is InChI=1S/C23H26ClN5O.C2HF3O2.23CH4/c24-17-4-5-19-20(11-17)26-21-10-15-7-14(8-16(9-15)22(21)23(19)25)3-1-2-6-29-12-18(13-30)27-28-29;3-2(4,5)1(6)7;;;;;;;;;;;;;;;;;;;;;;;/h4-5,7,11-12,15-16,30H,1-3,6,8-10,13H2,(H2,25,26);(H,6,7);23*1H4. The van der Waals surface area contributed by atoms with Crippen LogP contribution in [0.4, 0.5) is 18.9 Å². The Bertz CT molecular complexity index is 1330. The van der Waals surface area contributed by atoms with E-state index in [0.29, 0.717) is 17.5 Å². The van der Waals surface area contributed by atoms with E-state index in [4.69, 9.17) is 32.3 Å². The number of fused-ring (bicyclic) bond motifs is 5. The van der Waals surface area contributed by atoms with Crippen LogP contribution < -0.4 is 15.8 Å². The van der Waals surface area contributed by atoms with Crippen LogP contribution in [0.5, 0.6) is 0 Å². The summed E-state index contributed by atoms with van der Waals surface area (Å²) in [5.74, 6) is -1.93. The Kier molecular flexibility index (Phi) is 121. The number of aliphatic hydroxyl groups is 1. The van der Waals surface area contributed by atoms with E-state index >= 15 is 0 Å². The van der Waals surface area contributed by atoms with E-state index in [1.165, 1.54) is 17.7 Å². The highest BCUT2D eigenvalue weighted by atomic mass is 35.5. The largest absolute Gasteiger partial charge is 0.542 e. The molecule has 8 nitrogen and oxygen atoms in total. The van der Waals surface area contributed by atoms with E-state index in [0.717, 1.165) is 60.3 Å². The summed E-state index contributed by atoms with van der Waals surface area (Å²) in [5.41, 5.74) is 13.4. The molecule has 1 aromatic carbocycles. The summed E-state index contributed by atoms with van der Waals surface area (Å²) in [6.07, 6.45) is 5.74. The van der Waals surface area contributed by atoms with Crippen LogP contribution in [0.25, 0.3) is 10.9 Å². The van der Waals surface area contributed by atoms with Crippen LogP contribution in [0.2, 0.25) is 5.02 Å². The average molecular weight is 907 g/mol. The summed E-state index contributed by atoms with van der Waals surface area (Å²) in [6, 6.07) is 5.91. The lowest BCUT2D eigenvalue weighted by Gasteiger charge is -2.34. The van der Waals surface area contributed by atoms with Gasteiger partial charge in [-0.3, -0.25) is 4.68 Å². The van der Waals surface area contributed by atoms with Crippen LogP contribution in [0.15, 0.2) is 36.0 Å². The zero-order valence-corrected chi connectivity index (χ0v) is 20.6. The fraction of sp³-hybridized carbons (Fsp3) is 0.708. The summed E-state index contributed by atoms with van der Waals surface area (Å²) < 4.78 is 33.4. The van der Waals surface area contributed by atoms with E-state index in [9.17, 15) is 13.2 Å². The third kappa shape index (κ3) is 32.6. The molecule has 2 aromatic heterocycles. The highest BCUT2D eigenvalue weighted by Gasteiger charge is 2.36. The first-order chi connectivity index (χ1) is 17.5. The molecular weight excluding hydrogens is 787 g/mol. The number of aliphatic carboxylic acids is 1. The van der Waals surface area contributed by atoms with Crippen molar-refractivity contribution in [1.29, 1.82) is 0 Å². The van der Waals surface area contributed by atoms with Crippen LogP contribution in [-0.4, -0.2) is 32.2 Å². The van der Waals surface area contributed by atoms with Gasteiger partial charge in [0.25, 0.3) is 0 Å². The van der Waals surface area contributed by atoms with E-state index < -0.39 is 12.1 Å². The number of hydrogen-bond acceptors (Lipinski definition) is 6. The van der Waals surface area contributed by atoms with Crippen molar-refractivity contribution in [1.82, 2.24) is 15.0 Å². The number of anilines is 1. The molecule has 5 rings (SSSR count). The van der Waals surface area contributed by atoms with Crippen LogP contribution in [0.1, 0.15) is 226 Å². The molecule has 2 unspecified atom stereocenters. The number of nitrogens with zero attached hydrogens (tertiary/aromatic N) is 3. The first kappa shape index (κ1) is 131. The summed E-state index contributed by atoms with van der Waals surface area (Å²) in [5, 5.41) is 27.7. The number of aliphatic hydroxyl groups excluding tert-OH is 1. The maximum Gasteiger partial charge on any atom is 0.430 e. The number of aromatic amines is 1. The number of pyridine rings is 1. The maximum absolute atomic E-state index is 10.5. The molecule has 0 radical (unpaired) electrons. The van der Waals surface area contributed by atoms with Crippen molar-refractivity contribution in [3.8, 4) is 0 Å². The van der Waals surface area contributed by atoms with Gasteiger partial charge in [0.15, 0.2) is 5.69 Å². The molecule has 2 aliphatic carbocycles. The second kappa shape index (κ2) is 55.8. The molecule has 2 aliphatic rings. The number of allylic oxidation sites excluding steroid dienone is 2. The van der Waals surface area contributed by atoms with Crippen molar-refractivity contribution in [3.05, 3.63) is 58.0 Å². The average Bonchev–Trinajstić information content (AvgIpc) is 3.29. The Morgan fingerprint density at radius 2 is 1.28 bits per heavy atom. The van der Waals surface area contributed by atoms with Gasteiger partial charge in [-0.1, -0.05) is 199 Å². The maximum atomic E-state index is 10.5. The minimum Gasteiger partial charge on any atom is -0.542 e. The molecule has 2 heterocycles. The molecular formula is C48H119ClF3N5O3. The summed E-state index contributed by atoms with van der Waals surface area (Å²) in [7, 11) is 0. The molecule has 2 bridgehead atoms. The van der Waals surface area contributed by atoms with Gasteiger partial charge in [-0.15, -0.1) is 5.10 Å². The molecule has 0 fully saturated rings. The van der Waals surface area contributed by atoms with E-state index in [2.05, 4.69) is 21.4 Å². The Hall–Kier alpha value is -3.18. The van der Waals surface area contributed by atoms with Crippen molar-refractivity contribution in [2.24, 2.45) is 5.92 Å². The molecule has 2 atom stereocenters. The first-order valence-electron chi connectivity index (χ1n) is 12.0. The molecule has 0 spiro atoms. The van der Waals surface area contributed by atoms with Gasteiger partial charge in [-0.2, -0.15) is 13.2 Å². The quantitative estimate of drug-likeness (QED) is 0.187. The number of rotatable bonds is 6. The molecule has 4 N–H and O–H groups in total. The lowest BCUT2D eigenvalue weighted by molar-refractivity contribution is -0.360. The molecule has 0 saturated carbocycles. The van der Waals surface area contributed by atoms with Crippen LogP contribution >= 0.6 is 11.6 Å². The number of H-pyrrole nitrogens is 1. The third-order valence-electron chi connectivity index (χ3n) is 6.73. The van der Waals surface area contributed by atoms with Crippen LogP contribution in [-0.2, 0) is 24.4 Å². The molecule has 0 saturated heterocycles. The van der Waals surface area contributed by atoms with Crippen molar-refractivity contribution >= 4 is 34.2 Å². The van der Waals surface area contributed by atoms with Crippen molar-refractivity contribution < 1.29 is 33.2 Å². The highest BCUT2D eigenvalue weighted by Crippen LogP contribution is 2.46. The third-order valence-corrected chi connectivity index (χ3v) is 6.96. The fourth-order valence-electron chi connectivity index (χ4n) is 5.21. The normalized spacial score (nSPS) is 11.4. The zero-order valence-electron chi connectivity index (χ0n) is 19.9. The Morgan fingerprint density at radius 3 is 1.70 bits per heavy atom. The zero-order chi connectivity index (χ0) is 26.7. The molecule has 0 amide bonds. The minimum absolute atomic E-state index is 0. The number of benzene rings is 1. The van der Waals surface area contributed by atoms with Crippen molar-refractivity contribution in [3.63, 3.8) is 0 Å².